The van der Waals surface area contributed by atoms with Gasteiger partial charge in [0.15, 0.2) is 0 Å². The Hall–Kier alpha value is -0.340. The molecule has 8 heavy (non-hydrogen) atoms. The summed E-state index contributed by atoms with van der Waals surface area (Å²) in [4.78, 5) is 0. The molecule has 0 spiro atoms. The molecule has 0 saturated heterocycles. The maximum atomic E-state index is 8.25. The van der Waals surface area contributed by atoms with Crippen molar-refractivity contribution in [1.82, 2.24) is 0 Å². The minimum Gasteiger partial charge on any atom is -0.396 e. The number of rotatable bonds is 5. The van der Waals surface area contributed by atoms with Gasteiger partial charge in [0.25, 0.3) is 0 Å². The first kappa shape index (κ1) is 7.66. The highest BCUT2D eigenvalue weighted by atomic mass is 16.5. The average Bonchev–Trinajstić information content (AvgIpc) is 1.81. The van der Waals surface area contributed by atoms with Gasteiger partial charge < -0.3 is 9.84 Å². The standard InChI is InChI=1S/C6H11O2/c1-2-5-8-6-3-4-7/h2,5,7H,1,3-4,6H2. The molecular formula is C6H11O2. The summed E-state index contributed by atoms with van der Waals surface area (Å²) in [5.41, 5.74) is 0. The fourth-order valence-corrected chi connectivity index (χ4v) is 0.284. The van der Waals surface area contributed by atoms with E-state index in [1.807, 2.05) is 0 Å². The molecule has 0 aliphatic rings. The summed E-state index contributed by atoms with van der Waals surface area (Å²) in [7, 11) is 0. The molecule has 0 heterocycles. The lowest BCUT2D eigenvalue weighted by Crippen LogP contribution is -1.92. The molecule has 0 fully saturated rings. The molecule has 2 heteroatoms. The van der Waals surface area contributed by atoms with Crippen molar-refractivity contribution in [2.24, 2.45) is 0 Å². The van der Waals surface area contributed by atoms with Crippen molar-refractivity contribution in [3.05, 3.63) is 19.3 Å². The Bertz CT molecular complexity index is 52.5. The molecule has 47 valence electrons. The summed E-state index contributed by atoms with van der Waals surface area (Å²) < 4.78 is 4.82. The van der Waals surface area contributed by atoms with E-state index in [0.717, 1.165) is 0 Å². The van der Waals surface area contributed by atoms with Gasteiger partial charge in [0.2, 0.25) is 0 Å². The first-order chi connectivity index (χ1) is 3.91. The fraction of sp³-hybridized carbons (Fsp3) is 0.500. The maximum absolute atomic E-state index is 8.25. The second-order valence-corrected chi connectivity index (χ2v) is 1.32. The van der Waals surface area contributed by atoms with E-state index in [4.69, 9.17) is 9.84 Å². The van der Waals surface area contributed by atoms with E-state index >= 15 is 0 Å². The predicted octanol–water partition coefficient (Wildman–Crippen LogP) is 0.733. The van der Waals surface area contributed by atoms with Gasteiger partial charge in [-0.05, 0) is 6.42 Å². The van der Waals surface area contributed by atoms with Crippen LogP contribution in [0.4, 0.5) is 0 Å². The van der Waals surface area contributed by atoms with Gasteiger partial charge in [-0.25, -0.2) is 0 Å². The number of aliphatic hydroxyl groups excluding tert-OH is 1. The van der Waals surface area contributed by atoms with Crippen molar-refractivity contribution < 1.29 is 9.84 Å². The summed E-state index contributed by atoms with van der Waals surface area (Å²) in [6, 6.07) is 0. The molecule has 0 aliphatic carbocycles. The largest absolute Gasteiger partial charge is 0.396 e. The summed E-state index contributed by atoms with van der Waals surface area (Å²) in [5.74, 6) is 0. The van der Waals surface area contributed by atoms with Crippen LogP contribution in [-0.2, 0) is 4.74 Å². The molecule has 0 aromatic carbocycles. The van der Waals surface area contributed by atoms with Crippen LogP contribution in [-0.4, -0.2) is 18.3 Å². The third-order valence-electron chi connectivity index (χ3n) is 0.613. The number of hydrogen-bond acceptors (Lipinski definition) is 2. The Kier molecular flexibility index (Phi) is 6.38. The molecule has 0 amide bonds. The summed E-state index contributed by atoms with van der Waals surface area (Å²) >= 11 is 0. The molecule has 1 radical (unpaired) electrons. The average molecular weight is 115 g/mol. The maximum Gasteiger partial charge on any atom is 0.105 e. The first-order valence-corrected chi connectivity index (χ1v) is 2.58. The van der Waals surface area contributed by atoms with Crippen molar-refractivity contribution in [2.75, 3.05) is 13.2 Å². The third-order valence-corrected chi connectivity index (χ3v) is 0.613. The van der Waals surface area contributed by atoms with Gasteiger partial charge in [-0.1, -0.05) is 6.08 Å². The summed E-state index contributed by atoms with van der Waals surface area (Å²) in [5, 5.41) is 8.25. The van der Waals surface area contributed by atoms with Crippen molar-refractivity contribution in [3.8, 4) is 0 Å². The van der Waals surface area contributed by atoms with Crippen LogP contribution in [0.5, 0.6) is 0 Å². The molecule has 1 N–H and O–H groups in total. The topological polar surface area (TPSA) is 29.5 Å². The highest BCUT2D eigenvalue weighted by molar-refractivity contribution is 4.76. The Morgan fingerprint density at radius 3 is 2.88 bits per heavy atom. The van der Waals surface area contributed by atoms with Crippen LogP contribution in [0.1, 0.15) is 6.42 Å². The second kappa shape index (κ2) is 6.66. The number of ether oxygens (including phenoxy) is 1. The first-order valence-electron chi connectivity index (χ1n) is 2.58. The van der Waals surface area contributed by atoms with Crippen LogP contribution in [0.25, 0.3) is 0 Å². The molecule has 0 unspecified atom stereocenters. The Morgan fingerprint density at radius 1 is 1.62 bits per heavy atom. The molecule has 0 saturated carbocycles. The van der Waals surface area contributed by atoms with Gasteiger partial charge in [-0.2, -0.15) is 0 Å². The molecule has 0 rings (SSSR count). The molecule has 0 atom stereocenters. The predicted molar refractivity (Wildman–Crippen MR) is 32.2 cm³/mol. The van der Waals surface area contributed by atoms with E-state index in [9.17, 15) is 0 Å². The van der Waals surface area contributed by atoms with E-state index in [1.165, 1.54) is 6.61 Å². The van der Waals surface area contributed by atoms with E-state index in [1.54, 1.807) is 6.08 Å². The third kappa shape index (κ3) is 5.66. The highest BCUT2D eigenvalue weighted by Crippen LogP contribution is 1.84. The zero-order valence-electron chi connectivity index (χ0n) is 4.84. The van der Waals surface area contributed by atoms with Gasteiger partial charge >= 0.3 is 0 Å². The lowest BCUT2D eigenvalue weighted by atomic mass is 10.5. The molecule has 0 aromatic heterocycles. The van der Waals surface area contributed by atoms with E-state index in [0.29, 0.717) is 13.0 Å². The summed E-state index contributed by atoms with van der Waals surface area (Å²) in [6.45, 7) is 5.68. The zero-order chi connectivity index (χ0) is 6.24. The van der Waals surface area contributed by atoms with Gasteiger partial charge in [-0.3, -0.25) is 0 Å². The van der Waals surface area contributed by atoms with Gasteiger partial charge in [0.1, 0.15) is 6.61 Å². The van der Waals surface area contributed by atoms with E-state index < -0.39 is 0 Å². The van der Waals surface area contributed by atoms with Crippen molar-refractivity contribution in [1.29, 1.82) is 0 Å². The van der Waals surface area contributed by atoms with Gasteiger partial charge in [0, 0.05) is 13.2 Å². The minimum absolute atomic E-state index is 0.185. The van der Waals surface area contributed by atoms with Crippen molar-refractivity contribution in [2.45, 2.75) is 6.42 Å². The van der Waals surface area contributed by atoms with Crippen LogP contribution in [0, 0.1) is 6.61 Å². The van der Waals surface area contributed by atoms with Crippen LogP contribution in [0.15, 0.2) is 12.7 Å². The van der Waals surface area contributed by atoms with Crippen molar-refractivity contribution >= 4 is 0 Å². The Labute approximate surface area is 49.8 Å². The highest BCUT2D eigenvalue weighted by Gasteiger charge is 1.81. The molecule has 0 bridgehead atoms. The minimum atomic E-state index is 0.185. The number of hydrogen-bond donors (Lipinski definition) is 1. The Morgan fingerprint density at radius 2 is 2.38 bits per heavy atom. The summed E-state index contributed by atoms with van der Waals surface area (Å²) in [6.07, 6.45) is 2.25. The van der Waals surface area contributed by atoms with Gasteiger partial charge in [0.05, 0.1) is 0 Å². The monoisotopic (exact) mass is 115 g/mol. The smallest absolute Gasteiger partial charge is 0.105 e. The molecular weight excluding hydrogens is 104 g/mol. The fourth-order valence-electron chi connectivity index (χ4n) is 0.284. The zero-order valence-corrected chi connectivity index (χ0v) is 4.84. The van der Waals surface area contributed by atoms with Crippen molar-refractivity contribution in [3.63, 3.8) is 0 Å². The van der Waals surface area contributed by atoms with Gasteiger partial charge in [-0.15, -0.1) is 6.58 Å². The van der Waals surface area contributed by atoms with E-state index in [2.05, 4.69) is 6.58 Å². The second-order valence-electron chi connectivity index (χ2n) is 1.32. The molecule has 0 aliphatic heterocycles. The number of aliphatic hydroxyl groups is 1. The van der Waals surface area contributed by atoms with Crippen LogP contribution < -0.4 is 0 Å². The lowest BCUT2D eigenvalue weighted by Gasteiger charge is -1.94. The van der Waals surface area contributed by atoms with E-state index in [-0.39, 0.29) is 6.61 Å². The normalized spacial score (nSPS) is 9.12. The lowest BCUT2D eigenvalue weighted by molar-refractivity contribution is 0.178. The van der Waals surface area contributed by atoms with Crippen LogP contribution in [0.2, 0.25) is 0 Å². The van der Waals surface area contributed by atoms with Crippen LogP contribution in [0.3, 0.4) is 0 Å². The quantitative estimate of drug-likeness (QED) is 0.535. The molecule has 2 nitrogen and oxygen atoms in total. The Balaban J connectivity index is 2.62. The van der Waals surface area contributed by atoms with Crippen LogP contribution >= 0.6 is 0 Å². The SMILES string of the molecule is C=C[CH]OCCCO. The molecule has 0 aromatic rings.